The van der Waals surface area contributed by atoms with Crippen molar-refractivity contribution in [1.29, 1.82) is 0 Å². The average Bonchev–Trinajstić information content (AvgIpc) is 3.43. The Labute approximate surface area is 257 Å². The van der Waals surface area contributed by atoms with Crippen molar-refractivity contribution in [3.63, 3.8) is 0 Å². The van der Waals surface area contributed by atoms with Gasteiger partial charge in [0, 0.05) is 74.5 Å². The Morgan fingerprint density at radius 2 is 1.52 bits per heavy atom. The number of nitrogens with zero attached hydrogens (tertiary/aromatic N) is 7. The summed E-state index contributed by atoms with van der Waals surface area (Å²) in [7, 11) is 6.16. The van der Waals surface area contributed by atoms with E-state index in [0.717, 1.165) is 68.3 Å². The Bertz CT molecular complexity index is 1600. The fourth-order valence-corrected chi connectivity index (χ4v) is 5.50. The van der Waals surface area contributed by atoms with E-state index in [9.17, 15) is 9.59 Å². The molecule has 230 valence electrons. The molecule has 12 heteroatoms. The summed E-state index contributed by atoms with van der Waals surface area (Å²) in [5.41, 5.74) is 4.83. The first-order valence-electron chi connectivity index (χ1n) is 15.0. The highest BCUT2D eigenvalue weighted by Gasteiger charge is 2.21. The van der Waals surface area contributed by atoms with Crippen molar-refractivity contribution in [2.75, 3.05) is 89.2 Å². The lowest BCUT2D eigenvalue weighted by Gasteiger charge is -2.32. The highest BCUT2D eigenvalue weighted by atomic mass is 16.5. The van der Waals surface area contributed by atoms with Crippen molar-refractivity contribution >= 4 is 34.6 Å². The molecule has 0 spiro atoms. The van der Waals surface area contributed by atoms with Crippen LogP contribution in [0.5, 0.6) is 0 Å². The molecule has 2 N–H and O–H groups in total. The molecule has 0 bridgehead atoms. The summed E-state index contributed by atoms with van der Waals surface area (Å²) in [6, 6.07) is 16.3. The van der Waals surface area contributed by atoms with Crippen LogP contribution in [0.15, 0.2) is 60.8 Å². The third kappa shape index (κ3) is 6.83. The number of morpholine rings is 1. The molecule has 4 aromatic rings. The van der Waals surface area contributed by atoms with E-state index >= 15 is 0 Å². The summed E-state index contributed by atoms with van der Waals surface area (Å²) in [6.45, 7) is 6.86. The zero-order valence-corrected chi connectivity index (χ0v) is 25.5. The minimum Gasteiger partial charge on any atom is -0.378 e. The average molecular weight is 598 g/mol. The molecule has 44 heavy (non-hydrogen) atoms. The zero-order chi connectivity index (χ0) is 30.6. The molecule has 2 aromatic carbocycles. The summed E-state index contributed by atoms with van der Waals surface area (Å²) in [5.74, 6) is 1.51. The van der Waals surface area contributed by atoms with Gasteiger partial charge in [-0.2, -0.15) is 0 Å². The van der Waals surface area contributed by atoms with Gasteiger partial charge in [0.05, 0.1) is 13.2 Å². The van der Waals surface area contributed by atoms with E-state index in [1.54, 1.807) is 24.3 Å². The molecule has 0 atom stereocenters. The summed E-state index contributed by atoms with van der Waals surface area (Å²) in [6.07, 6.45) is 2.06. The van der Waals surface area contributed by atoms with Gasteiger partial charge in [0.1, 0.15) is 5.52 Å². The number of nitrogens with one attached hydrogen (secondary N) is 2. The summed E-state index contributed by atoms with van der Waals surface area (Å²) < 4.78 is 7.49. The van der Waals surface area contributed by atoms with Crippen LogP contribution in [0.1, 0.15) is 15.9 Å². The van der Waals surface area contributed by atoms with Gasteiger partial charge in [0.15, 0.2) is 11.6 Å². The van der Waals surface area contributed by atoms with Crippen LogP contribution in [0.3, 0.4) is 0 Å². The standard InChI is InChI=1S/C32H39N9O3/c1-37(2)21-23-20-28-30(39-16-18-44-19-17-39)35-29(36-41(28)22-23)24-4-8-26(9-5-24)33-32(43)34-27-10-6-25(7-11-27)31(42)40-14-12-38(3)13-15-40/h4-11,20,22H,12-19,21H2,1-3H3,(H2,33,34,43). The molecule has 2 aliphatic rings. The number of fused-ring (bicyclic) bond motifs is 1. The predicted octanol–water partition coefficient (Wildman–Crippen LogP) is 3.33. The Kier molecular flexibility index (Phi) is 8.73. The first-order valence-corrected chi connectivity index (χ1v) is 15.0. The second-order valence-corrected chi connectivity index (χ2v) is 11.6. The van der Waals surface area contributed by atoms with Crippen molar-refractivity contribution in [2.45, 2.75) is 6.54 Å². The largest absolute Gasteiger partial charge is 0.378 e. The van der Waals surface area contributed by atoms with E-state index < -0.39 is 0 Å². The van der Waals surface area contributed by atoms with Crippen LogP contribution >= 0.6 is 0 Å². The number of amides is 3. The van der Waals surface area contributed by atoms with Crippen LogP contribution in [-0.2, 0) is 11.3 Å². The maximum Gasteiger partial charge on any atom is 0.323 e. The van der Waals surface area contributed by atoms with Crippen molar-refractivity contribution in [3.8, 4) is 11.4 Å². The molecule has 2 saturated heterocycles. The van der Waals surface area contributed by atoms with Crippen molar-refractivity contribution in [1.82, 2.24) is 29.3 Å². The maximum absolute atomic E-state index is 12.8. The van der Waals surface area contributed by atoms with Crippen molar-refractivity contribution in [3.05, 3.63) is 71.9 Å². The molecule has 0 saturated carbocycles. The molecule has 6 rings (SSSR count). The number of hydrogen-bond donors (Lipinski definition) is 2. The van der Waals surface area contributed by atoms with Crippen LogP contribution in [0.25, 0.3) is 16.9 Å². The summed E-state index contributed by atoms with van der Waals surface area (Å²) in [5, 5.41) is 10.5. The van der Waals surface area contributed by atoms with Gasteiger partial charge < -0.3 is 35.0 Å². The number of piperazine rings is 1. The molecule has 12 nitrogen and oxygen atoms in total. The smallest absolute Gasteiger partial charge is 0.323 e. The number of ether oxygens (including phenoxy) is 1. The lowest BCUT2D eigenvalue weighted by atomic mass is 10.1. The Morgan fingerprint density at radius 3 is 2.16 bits per heavy atom. The third-order valence-electron chi connectivity index (χ3n) is 7.89. The molecule has 4 heterocycles. The number of rotatable bonds is 7. The molecule has 3 amide bonds. The van der Waals surface area contributed by atoms with Gasteiger partial charge in [0.2, 0.25) is 0 Å². The molecule has 2 fully saturated rings. The topological polar surface area (TPSA) is 111 Å². The second kappa shape index (κ2) is 13.0. The van der Waals surface area contributed by atoms with Gasteiger partial charge in [-0.05, 0) is 81.3 Å². The fraction of sp³-hybridized carbons (Fsp3) is 0.375. The van der Waals surface area contributed by atoms with Crippen LogP contribution in [-0.4, -0.2) is 115 Å². The fourth-order valence-electron chi connectivity index (χ4n) is 5.50. The van der Waals surface area contributed by atoms with E-state index in [4.69, 9.17) is 14.8 Å². The zero-order valence-electron chi connectivity index (χ0n) is 25.5. The van der Waals surface area contributed by atoms with Crippen LogP contribution in [0.4, 0.5) is 22.0 Å². The van der Waals surface area contributed by atoms with Gasteiger partial charge >= 0.3 is 6.03 Å². The maximum atomic E-state index is 12.8. The number of benzene rings is 2. The monoisotopic (exact) mass is 597 g/mol. The number of aromatic nitrogens is 3. The first-order chi connectivity index (χ1) is 21.3. The van der Waals surface area contributed by atoms with Gasteiger partial charge in [-0.3, -0.25) is 4.79 Å². The Morgan fingerprint density at radius 1 is 0.886 bits per heavy atom. The Hall–Kier alpha value is -4.52. The van der Waals surface area contributed by atoms with E-state index in [0.29, 0.717) is 36.0 Å². The summed E-state index contributed by atoms with van der Waals surface area (Å²) >= 11 is 0. The van der Waals surface area contributed by atoms with E-state index in [-0.39, 0.29) is 11.9 Å². The normalized spacial score (nSPS) is 16.0. The number of carbonyl (C=O) groups is 2. The molecule has 0 radical (unpaired) electrons. The molecule has 2 aliphatic heterocycles. The second-order valence-electron chi connectivity index (χ2n) is 11.6. The first kappa shape index (κ1) is 29.5. The number of hydrogen-bond acceptors (Lipinski definition) is 8. The van der Waals surface area contributed by atoms with Crippen LogP contribution < -0.4 is 15.5 Å². The lowest BCUT2D eigenvalue weighted by Crippen LogP contribution is -2.47. The summed E-state index contributed by atoms with van der Waals surface area (Å²) in [4.78, 5) is 39.0. The molecular weight excluding hydrogens is 558 g/mol. The molecule has 2 aromatic heterocycles. The van der Waals surface area contributed by atoms with Crippen LogP contribution in [0, 0.1) is 0 Å². The minimum atomic E-state index is -0.371. The quantitative estimate of drug-likeness (QED) is 0.334. The number of urea groups is 1. The van der Waals surface area contributed by atoms with Crippen molar-refractivity contribution in [2.24, 2.45) is 0 Å². The lowest BCUT2D eigenvalue weighted by molar-refractivity contribution is 0.0664. The van der Waals surface area contributed by atoms with Gasteiger partial charge in [-0.25, -0.2) is 14.3 Å². The number of anilines is 3. The number of carbonyl (C=O) groups excluding carboxylic acids is 2. The van der Waals surface area contributed by atoms with Gasteiger partial charge in [0.25, 0.3) is 5.91 Å². The Balaban J connectivity index is 1.12. The highest BCUT2D eigenvalue weighted by molar-refractivity contribution is 6.00. The van der Waals surface area contributed by atoms with Gasteiger partial charge in [-0.15, -0.1) is 5.10 Å². The molecule has 0 unspecified atom stereocenters. The molecule has 0 aliphatic carbocycles. The predicted molar refractivity (Wildman–Crippen MR) is 171 cm³/mol. The van der Waals surface area contributed by atoms with E-state index in [1.807, 2.05) is 47.8 Å². The SMILES string of the molecule is CN(C)Cc1cc2c(N3CCOCC3)nc(-c3ccc(NC(=O)Nc4ccc(C(=O)N5CCN(C)CC5)cc4)cc3)nn2c1. The third-order valence-corrected chi connectivity index (χ3v) is 7.89. The minimum absolute atomic E-state index is 0.0140. The van der Waals surface area contributed by atoms with Gasteiger partial charge in [-0.1, -0.05) is 0 Å². The van der Waals surface area contributed by atoms with Crippen LogP contribution in [0.2, 0.25) is 0 Å². The van der Waals surface area contributed by atoms with E-state index in [2.05, 4.69) is 44.6 Å². The van der Waals surface area contributed by atoms with E-state index in [1.165, 1.54) is 0 Å². The number of likely N-dealkylation sites (N-methyl/N-ethyl adjacent to an activating group) is 1. The van der Waals surface area contributed by atoms with Crippen molar-refractivity contribution < 1.29 is 14.3 Å². The highest BCUT2D eigenvalue weighted by Crippen LogP contribution is 2.27. The molecular formula is C32H39N9O3.